The summed E-state index contributed by atoms with van der Waals surface area (Å²) in [4.78, 5) is 18.9. The third-order valence-electron chi connectivity index (χ3n) is 4.62. The van der Waals surface area contributed by atoms with Crippen LogP contribution in [0.5, 0.6) is 0 Å². The summed E-state index contributed by atoms with van der Waals surface area (Å²) in [5.74, 6) is 0.894. The molecule has 5 nitrogen and oxygen atoms in total. The van der Waals surface area contributed by atoms with Gasteiger partial charge in [-0.25, -0.2) is 4.79 Å². The van der Waals surface area contributed by atoms with E-state index in [9.17, 15) is 4.79 Å². The van der Waals surface area contributed by atoms with Gasteiger partial charge < -0.3 is 15.5 Å². The highest BCUT2D eigenvalue weighted by molar-refractivity contribution is 5.89. The number of nitrogens with zero attached hydrogens (tertiary/aromatic N) is 2. The maximum Gasteiger partial charge on any atom is 0.319 e. The number of carbonyl (C=O) groups is 1. The predicted molar refractivity (Wildman–Crippen MR) is 94.8 cm³/mol. The average molecular weight is 318 g/mol. The zero-order valence-electron chi connectivity index (χ0n) is 14.7. The molecule has 1 fully saturated rings. The molecule has 2 amide bonds. The van der Waals surface area contributed by atoms with E-state index in [1.807, 2.05) is 19.1 Å². The van der Waals surface area contributed by atoms with E-state index >= 15 is 0 Å². The fourth-order valence-electron chi connectivity index (χ4n) is 3.11. The van der Waals surface area contributed by atoms with Crippen LogP contribution >= 0.6 is 0 Å². The lowest BCUT2D eigenvalue weighted by atomic mass is 9.94. The van der Waals surface area contributed by atoms with Crippen LogP contribution in [0.2, 0.25) is 0 Å². The molecule has 2 rings (SSSR count). The van der Waals surface area contributed by atoms with Crippen LogP contribution < -0.4 is 10.6 Å². The van der Waals surface area contributed by atoms with E-state index in [0.717, 1.165) is 49.0 Å². The SMILES string of the molecule is CCc1cc(NC(=O)NCCN2CCC(CC)CC2)cc(C)n1. The van der Waals surface area contributed by atoms with Gasteiger partial charge in [-0.15, -0.1) is 0 Å². The van der Waals surface area contributed by atoms with Crippen molar-refractivity contribution in [1.29, 1.82) is 0 Å². The van der Waals surface area contributed by atoms with E-state index in [2.05, 4.69) is 34.4 Å². The normalized spacial score (nSPS) is 16.3. The Morgan fingerprint density at radius 1 is 1.30 bits per heavy atom. The minimum Gasteiger partial charge on any atom is -0.337 e. The van der Waals surface area contributed by atoms with Crippen LogP contribution in [0.25, 0.3) is 0 Å². The van der Waals surface area contributed by atoms with E-state index in [1.165, 1.54) is 19.3 Å². The molecule has 0 bridgehead atoms. The Hall–Kier alpha value is -1.62. The summed E-state index contributed by atoms with van der Waals surface area (Å²) in [6, 6.07) is 3.69. The minimum absolute atomic E-state index is 0.138. The predicted octanol–water partition coefficient (Wildman–Crippen LogP) is 3.20. The molecule has 1 aromatic rings. The summed E-state index contributed by atoms with van der Waals surface area (Å²) >= 11 is 0. The zero-order chi connectivity index (χ0) is 16.7. The van der Waals surface area contributed by atoms with Gasteiger partial charge >= 0.3 is 6.03 Å². The van der Waals surface area contributed by atoms with Crippen molar-refractivity contribution in [2.24, 2.45) is 5.92 Å². The number of anilines is 1. The van der Waals surface area contributed by atoms with Crippen LogP contribution in [0.1, 0.15) is 44.5 Å². The first kappa shape index (κ1) is 17.7. The summed E-state index contributed by atoms with van der Waals surface area (Å²) in [6.45, 7) is 10.2. The van der Waals surface area contributed by atoms with Crippen LogP contribution in [-0.2, 0) is 6.42 Å². The van der Waals surface area contributed by atoms with Gasteiger partial charge in [-0.1, -0.05) is 20.3 Å². The summed E-state index contributed by atoms with van der Waals surface area (Å²) in [7, 11) is 0. The number of aryl methyl sites for hydroxylation is 2. The molecule has 0 aliphatic carbocycles. The van der Waals surface area contributed by atoms with E-state index < -0.39 is 0 Å². The largest absolute Gasteiger partial charge is 0.337 e. The second-order valence-electron chi connectivity index (χ2n) is 6.42. The van der Waals surface area contributed by atoms with E-state index in [0.29, 0.717) is 6.54 Å². The highest BCUT2D eigenvalue weighted by atomic mass is 16.2. The van der Waals surface area contributed by atoms with Gasteiger partial charge in [-0.05, 0) is 57.3 Å². The van der Waals surface area contributed by atoms with Crippen LogP contribution in [-0.4, -0.2) is 42.1 Å². The topological polar surface area (TPSA) is 57.3 Å². The fourth-order valence-corrected chi connectivity index (χ4v) is 3.11. The molecule has 2 N–H and O–H groups in total. The number of rotatable bonds is 6. The molecule has 5 heteroatoms. The molecule has 2 heterocycles. The Morgan fingerprint density at radius 2 is 2.04 bits per heavy atom. The number of carbonyl (C=O) groups excluding carboxylic acids is 1. The number of amides is 2. The molecule has 1 saturated heterocycles. The standard InChI is InChI=1S/C18H30N4O/c1-4-15-6-9-22(10-7-15)11-8-19-18(23)21-17-12-14(3)20-16(5-2)13-17/h12-13,15H,4-11H2,1-3H3,(H2,19,20,21,23). The molecule has 0 radical (unpaired) electrons. The number of likely N-dealkylation sites (tertiary alicyclic amines) is 1. The van der Waals surface area contributed by atoms with Crippen LogP contribution in [0, 0.1) is 12.8 Å². The number of nitrogens with one attached hydrogen (secondary N) is 2. The lowest BCUT2D eigenvalue weighted by Crippen LogP contribution is -2.40. The molecule has 0 unspecified atom stereocenters. The molecule has 1 aliphatic rings. The quantitative estimate of drug-likeness (QED) is 0.847. The molecule has 0 saturated carbocycles. The number of hydrogen-bond donors (Lipinski definition) is 2. The molecule has 1 aliphatic heterocycles. The molecule has 0 atom stereocenters. The number of piperidine rings is 1. The van der Waals surface area contributed by atoms with Gasteiger partial charge in [-0.2, -0.15) is 0 Å². The first-order chi connectivity index (χ1) is 11.1. The third kappa shape index (κ3) is 5.82. The number of hydrogen-bond acceptors (Lipinski definition) is 3. The highest BCUT2D eigenvalue weighted by Gasteiger charge is 2.17. The Morgan fingerprint density at radius 3 is 2.70 bits per heavy atom. The first-order valence-electron chi connectivity index (χ1n) is 8.85. The van der Waals surface area contributed by atoms with Crippen molar-refractivity contribution in [3.05, 3.63) is 23.5 Å². The molecule has 0 spiro atoms. The van der Waals surface area contributed by atoms with Crippen molar-refractivity contribution in [2.75, 3.05) is 31.5 Å². The van der Waals surface area contributed by atoms with E-state index in [4.69, 9.17) is 0 Å². The lowest BCUT2D eigenvalue weighted by Gasteiger charge is -2.31. The molecular weight excluding hydrogens is 288 g/mol. The summed E-state index contributed by atoms with van der Waals surface area (Å²) in [6.07, 6.45) is 4.74. The van der Waals surface area contributed by atoms with Gasteiger partial charge in [0.15, 0.2) is 0 Å². The average Bonchev–Trinajstić information content (AvgIpc) is 2.54. The van der Waals surface area contributed by atoms with E-state index in [-0.39, 0.29) is 6.03 Å². The summed E-state index contributed by atoms with van der Waals surface area (Å²) in [5, 5.41) is 5.85. The van der Waals surface area contributed by atoms with Crippen LogP contribution in [0.3, 0.4) is 0 Å². The van der Waals surface area contributed by atoms with Crippen molar-refractivity contribution in [3.63, 3.8) is 0 Å². The molecule has 128 valence electrons. The van der Waals surface area contributed by atoms with Crippen molar-refractivity contribution in [1.82, 2.24) is 15.2 Å². The van der Waals surface area contributed by atoms with Gasteiger partial charge in [0.2, 0.25) is 0 Å². The summed E-state index contributed by atoms with van der Waals surface area (Å²) in [5.41, 5.74) is 2.74. The minimum atomic E-state index is -0.138. The highest BCUT2D eigenvalue weighted by Crippen LogP contribution is 2.19. The molecule has 1 aromatic heterocycles. The number of urea groups is 1. The molecule has 0 aromatic carbocycles. The van der Waals surface area contributed by atoms with Crippen LogP contribution in [0.15, 0.2) is 12.1 Å². The molecule has 23 heavy (non-hydrogen) atoms. The van der Waals surface area contributed by atoms with Gasteiger partial charge in [-0.3, -0.25) is 4.98 Å². The lowest BCUT2D eigenvalue weighted by molar-refractivity contribution is 0.182. The Balaban J connectivity index is 1.70. The van der Waals surface area contributed by atoms with Crippen molar-refractivity contribution >= 4 is 11.7 Å². The van der Waals surface area contributed by atoms with Gasteiger partial charge in [0.25, 0.3) is 0 Å². The van der Waals surface area contributed by atoms with Gasteiger partial charge in [0.05, 0.1) is 0 Å². The zero-order valence-corrected chi connectivity index (χ0v) is 14.7. The van der Waals surface area contributed by atoms with Crippen molar-refractivity contribution < 1.29 is 4.79 Å². The van der Waals surface area contributed by atoms with Gasteiger partial charge in [0, 0.05) is 30.2 Å². The second kappa shape index (κ2) is 8.87. The van der Waals surface area contributed by atoms with Crippen molar-refractivity contribution in [3.8, 4) is 0 Å². The maximum atomic E-state index is 12.0. The summed E-state index contributed by atoms with van der Waals surface area (Å²) < 4.78 is 0. The smallest absolute Gasteiger partial charge is 0.319 e. The third-order valence-corrected chi connectivity index (χ3v) is 4.62. The molecular formula is C18H30N4O. The first-order valence-corrected chi connectivity index (χ1v) is 8.85. The second-order valence-corrected chi connectivity index (χ2v) is 6.42. The Bertz CT molecular complexity index is 510. The maximum absolute atomic E-state index is 12.0. The fraction of sp³-hybridized carbons (Fsp3) is 0.667. The Labute approximate surface area is 139 Å². The number of pyridine rings is 1. The Kier molecular flexibility index (Phi) is 6.84. The number of aromatic nitrogens is 1. The van der Waals surface area contributed by atoms with Gasteiger partial charge in [0.1, 0.15) is 0 Å². The van der Waals surface area contributed by atoms with Crippen LogP contribution in [0.4, 0.5) is 10.5 Å². The van der Waals surface area contributed by atoms with E-state index in [1.54, 1.807) is 0 Å². The van der Waals surface area contributed by atoms with Crippen molar-refractivity contribution in [2.45, 2.75) is 46.5 Å². The monoisotopic (exact) mass is 318 g/mol.